The summed E-state index contributed by atoms with van der Waals surface area (Å²) in [4.78, 5) is 11.5. The van der Waals surface area contributed by atoms with Crippen LogP contribution in [0.4, 0.5) is 0 Å². The summed E-state index contributed by atoms with van der Waals surface area (Å²) in [5.41, 5.74) is 1.41. The van der Waals surface area contributed by atoms with Gasteiger partial charge in [0.25, 0.3) is 0 Å². The minimum absolute atomic E-state index is 0.00365. The number of carbonyl (C=O) groups excluding carboxylic acids is 1. The molecule has 0 unspecified atom stereocenters. The van der Waals surface area contributed by atoms with Crippen molar-refractivity contribution in [3.8, 4) is 5.75 Å². The van der Waals surface area contributed by atoms with Crippen molar-refractivity contribution < 1.29 is 9.90 Å². The van der Waals surface area contributed by atoms with Gasteiger partial charge in [-0.2, -0.15) is 0 Å². The molecule has 1 aromatic carbocycles. The number of ketones is 1. The quantitative estimate of drug-likeness (QED) is 0.754. The number of hydrogen-bond donors (Lipinski definition) is 1. The highest BCUT2D eigenvalue weighted by molar-refractivity contribution is 5.97. The second-order valence-electron chi connectivity index (χ2n) is 3.52. The van der Waals surface area contributed by atoms with Crippen LogP contribution in [0.3, 0.4) is 0 Å². The molecule has 1 rings (SSSR count). The topological polar surface area (TPSA) is 37.3 Å². The normalized spacial score (nSPS) is 9.47. The van der Waals surface area contributed by atoms with E-state index in [4.69, 9.17) is 0 Å². The summed E-state index contributed by atoms with van der Waals surface area (Å²) in [7, 11) is 0. The Morgan fingerprint density at radius 2 is 1.80 bits per heavy atom. The summed E-state index contributed by atoms with van der Waals surface area (Å²) in [6.07, 6.45) is 0. The molecular weight excluding hydrogens is 188 g/mol. The molecule has 0 amide bonds. The Balaban J connectivity index is 0.000000921. The summed E-state index contributed by atoms with van der Waals surface area (Å²) in [5.74, 6) is 0.354. The molecular formula is C13H20O2. The van der Waals surface area contributed by atoms with Crippen LogP contribution in [0.15, 0.2) is 18.2 Å². The van der Waals surface area contributed by atoms with Crippen LogP contribution in [-0.2, 0) is 0 Å². The van der Waals surface area contributed by atoms with Gasteiger partial charge in [-0.25, -0.2) is 0 Å². The summed E-state index contributed by atoms with van der Waals surface area (Å²) in [6, 6.07) is 4.94. The monoisotopic (exact) mass is 208 g/mol. The Labute approximate surface area is 91.9 Å². The standard InChI is InChI=1S/C11H14O2.C2H6/c1-7(2)11(13)9-4-5-10(12)8(3)6-9;1-2/h4-7,12H,1-3H3;1-2H3. The highest BCUT2D eigenvalue weighted by atomic mass is 16.3. The largest absolute Gasteiger partial charge is 0.508 e. The number of benzene rings is 1. The molecule has 2 heteroatoms. The van der Waals surface area contributed by atoms with Gasteiger partial charge in [0.2, 0.25) is 0 Å². The van der Waals surface area contributed by atoms with Gasteiger partial charge in [0.05, 0.1) is 0 Å². The third-order valence-electron chi connectivity index (χ3n) is 2.01. The summed E-state index contributed by atoms with van der Waals surface area (Å²) in [5, 5.41) is 9.25. The molecule has 0 fully saturated rings. The maximum Gasteiger partial charge on any atom is 0.165 e. The first-order chi connectivity index (χ1) is 7.02. The van der Waals surface area contributed by atoms with Crippen LogP contribution >= 0.6 is 0 Å². The number of aryl methyl sites for hydroxylation is 1. The molecule has 1 N–H and O–H groups in total. The van der Waals surface area contributed by atoms with Crippen molar-refractivity contribution in [1.82, 2.24) is 0 Å². The predicted molar refractivity (Wildman–Crippen MR) is 63.4 cm³/mol. The fourth-order valence-electron chi connectivity index (χ4n) is 1.14. The summed E-state index contributed by atoms with van der Waals surface area (Å²) >= 11 is 0. The van der Waals surface area contributed by atoms with Gasteiger partial charge in [0.1, 0.15) is 5.75 Å². The van der Waals surface area contributed by atoms with Gasteiger partial charge in [-0.1, -0.05) is 27.7 Å². The SMILES string of the molecule is CC.Cc1cc(C(=O)C(C)C)ccc1O. The Bertz CT molecular complexity index is 327. The van der Waals surface area contributed by atoms with Crippen LogP contribution in [0.1, 0.15) is 43.6 Å². The Morgan fingerprint density at radius 1 is 1.27 bits per heavy atom. The van der Waals surface area contributed by atoms with Crippen LogP contribution in [-0.4, -0.2) is 10.9 Å². The minimum atomic E-state index is 0.00365. The number of carbonyl (C=O) groups is 1. The lowest BCUT2D eigenvalue weighted by molar-refractivity contribution is 0.0939. The lowest BCUT2D eigenvalue weighted by atomic mass is 9.99. The number of Topliss-reactive ketones (excluding diaryl/α,β-unsaturated/α-hetero) is 1. The lowest BCUT2D eigenvalue weighted by Crippen LogP contribution is -2.07. The molecule has 0 aromatic heterocycles. The molecule has 0 aliphatic carbocycles. The third-order valence-corrected chi connectivity index (χ3v) is 2.01. The van der Waals surface area contributed by atoms with Crippen molar-refractivity contribution in [1.29, 1.82) is 0 Å². The molecule has 0 saturated heterocycles. The predicted octanol–water partition coefficient (Wildman–Crippen LogP) is 3.57. The molecule has 0 bridgehead atoms. The van der Waals surface area contributed by atoms with E-state index in [1.54, 1.807) is 25.1 Å². The number of phenolic OH excluding ortho intramolecular Hbond substituents is 1. The number of hydrogen-bond acceptors (Lipinski definition) is 2. The summed E-state index contributed by atoms with van der Waals surface area (Å²) < 4.78 is 0. The zero-order valence-corrected chi connectivity index (χ0v) is 10.2. The summed E-state index contributed by atoms with van der Waals surface area (Å²) in [6.45, 7) is 9.52. The molecule has 0 atom stereocenters. The second kappa shape index (κ2) is 6.23. The molecule has 15 heavy (non-hydrogen) atoms. The van der Waals surface area contributed by atoms with E-state index in [2.05, 4.69) is 0 Å². The van der Waals surface area contributed by atoms with E-state index in [1.807, 2.05) is 27.7 Å². The molecule has 0 heterocycles. The molecule has 84 valence electrons. The van der Waals surface area contributed by atoms with Crippen LogP contribution in [0.25, 0.3) is 0 Å². The zero-order valence-electron chi connectivity index (χ0n) is 10.2. The molecule has 0 spiro atoms. The molecule has 0 saturated carbocycles. The number of aromatic hydroxyl groups is 1. The first kappa shape index (κ1) is 13.7. The van der Waals surface area contributed by atoms with Gasteiger partial charge < -0.3 is 5.11 Å². The van der Waals surface area contributed by atoms with Gasteiger partial charge in [-0.3, -0.25) is 4.79 Å². The van der Waals surface area contributed by atoms with E-state index < -0.39 is 0 Å². The minimum Gasteiger partial charge on any atom is -0.508 e. The fraction of sp³-hybridized carbons (Fsp3) is 0.462. The highest BCUT2D eigenvalue weighted by Crippen LogP contribution is 2.18. The molecule has 0 aliphatic heterocycles. The average Bonchev–Trinajstić information content (AvgIpc) is 2.24. The van der Waals surface area contributed by atoms with Gasteiger partial charge in [-0.05, 0) is 30.7 Å². The van der Waals surface area contributed by atoms with E-state index >= 15 is 0 Å². The van der Waals surface area contributed by atoms with Crippen molar-refractivity contribution in [2.24, 2.45) is 5.92 Å². The van der Waals surface area contributed by atoms with Crippen molar-refractivity contribution in [2.75, 3.05) is 0 Å². The smallest absolute Gasteiger partial charge is 0.165 e. The lowest BCUT2D eigenvalue weighted by Gasteiger charge is -2.05. The molecule has 0 radical (unpaired) electrons. The van der Waals surface area contributed by atoms with Crippen molar-refractivity contribution in [3.05, 3.63) is 29.3 Å². The van der Waals surface area contributed by atoms with Gasteiger partial charge in [0.15, 0.2) is 5.78 Å². The third kappa shape index (κ3) is 3.74. The van der Waals surface area contributed by atoms with Gasteiger partial charge in [0, 0.05) is 11.5 Å². The van der Waals surface area contributed by atoms with Gasteiger partial charge >= 0.3 is 0 Å². The molecule has 0 aliphatic rings. The maximum atomic E-state index is 11.5. The first-order valence-corrected chi connectivity index (χ1v) is 5.36. The second-order valence-corrected chi connectivity index (χ2v) is 3.52. The van der Waals surface area contributed by atoms with Crippen LogP contribution in [0, 0.1) is 12.8 Å². The fourth-order valence-corrected chi connectivity index (χ4v) is 1.14. The molecule has 1 aromatic rings. The van der Waals surface area contributed by atoms with E-state index in [0.29, 0.717) is 5.56 Å². The van der Waals surface area contributed by atoms with E-state index in [-0.39, 0.29) is 17.5 Å². The van der Waals surface area contributed by atoms with Crippen molar-refractivity contribution in [2.45, 2.75) is 34.6 Å². The van der Waals surface area contributed by atoms with Crippen molar-refractivity contribution in [3.63, 3.8) is 0 Å². The zero-order chi connectivity index (χ0) is 12.0. The van der Waals surface area contributed by atoms with Crippen LogP contribution < -0.4 is 0 Å². The van der Waals surface area contributed by atoms with E-state index in [1.165, 1.54) is 0 Å². The first-order valence-electron chi connectivity index (χ1n) is 5.36. The van der Waals surface area contributed by atoms with Crippen LogP contribution in [0.2, 0.25) is 0 Å². The van der Waals surface area contributed by atoms with E-state index in [0.717, 1.165) is 5.56 Å². The van der Waals surface area contributed by atoms with Gasteiger partial charge in [-0.15, -0.1) is 0 Å². The number of phenols is 1. The Hall–Kier alpha value is -1.31. The van der Waals surface area contributed by atoms with Crippen molar-refractivity contribution >= 4 is 5.78 Å². The molecule has 2 nitrogen and oxygen atoms in total. The average molecular weight is 208 g/mol. The number of rotatable bonds is 2. The van der Waals surface area contributed by atoms with Crippen LogP contribution in [0.5, 0.6) is 5.75 Å². The maximum absolute atomic E-state index is 11.5. The Morgan fingerprint density at radius 3 is 2.20 bits per heavy atom. The van der Waals surface area contributed by atoms with E-state index in [9.17, 15) is 9.90 Å². The Kier molecular flexibility index (Phi) is 5.68. The highest BCUT2D eigenvalue weighted by Gasteiger charge is 2.10.